The summed E-state index contributed by atoms with van der Waals surface area (Å²) in [6.45, 7) is 1.54. The van der Waals surface area contributed by atoms with Gasteiger partial charge in [0.1, 0.15) is 17.9 Å². The van der Waals surface area contributed by atoms with Crippen molar-refractivity contribution >= 4 is 67.5 Å². The van der Waals surface area contributed by atoms with E-state index in [4.69, 9.17) is 39.5 Å². The summed E-state index contributed by atoms with van der Waals surface area (Å²) < 4.78 is 34.5. The monoisotopic (exact) mass is 827 g/mol. The Morgan fingerprint density at radius 3 is 2.05 bits per heavy atom. The van der Waals surface area contributed by atoms with Crippen molar-refractivity contribution < 1.29 is 17.9 Å². The highest BCUT2D eigenvalue weighted by Crippen LogP contribution is 2.36. The second-order valence-corrected chi connectivity index (χ2v) is 16.7. The zero-order chi connectivity index (χ0) is 39.1. The molecule has 1 aliphatic heterocycles. The molecule has 0 saturated carbocycles. The Morgan fingerprint density at radius 1 is 0.804 bits per heavy atom. The molecule has 2 N–H and O–H groups in total. The van der Waals surface area contributed by atoms with Gasteiger partial charge in [0.25, 0.3) is 5.91 Å². The van der Waals surface area contributed by atoms with Crippen LogP contribution in [0.2, 0.25) is 10.0 Å². The Morgan fingerprint density at radius 2 is 1.43 bits per heavy atom. The van der Waals surface area contributed by atoms with Crippen LogP contribution in [-0.2, 0) is 15.9 Å². The van der Waals surface area contributed by atoms with E-state index in [0.29, 0.717) is 72.8 Å². The number of fused-ring (bicyclic) bond motifs is 1. The van der Waals surface area contributed by atoms with E-state index in [9.17, 15) is 13.2 Å². The Bertz CT molecular complexity index is 2330. The fourth-order valence-electron chi connectivity index (χ4n) is 6.86. The van der Waals surface area contributed by atoms with Crippen LogP contribution in [0.15, 0.2) is 126 Å². The number of aromatic nitrogens is 2. The van der Waals surface area contributed by atoms with Gasteiger partial charge in [-0.05, 0) is 114 Å². The number of sulfonamides is 1. The second-order valence-electron chi connectivity index (χ2n) is 13.6. The lowest BCUT2D eigenvalue weighted by molar-refractivity contribution is 0.0951. The van der Waals surface area contributed by atoms with Crippen molar-refractivity contribution in [2.75, 3.05) is 31.6 Å². The molecule has 0 unspecified atom stereocenters. The molecule has 1 saturated heterocycles. The van der Waals surface area contributed by atoms with Crippen LogP contribution in [0.3, 0.4) is 0 Å². The second kappa shape index (κ2) is 18.0. The van der Waals surface area contributed by atoms with Gasteiger partial charge in [0.05, 0.1) is 17.0 Å². The minimum absolute atomic E-state index is 0.000516. The van der Waals surface area contributed by atoms with Gasteiger partial charge in [-0.3, -0.25) is 4.79 Å². The Kier molecular flexibility index (Phi) is 12.7. The first kappa shape index (κ1) is 39.5. The van der Waals surface area contributed by atoms with Crippen LogP contribution < -0.4 is 15.4 Å². The van der Waals surface area contributed by atoms with E-state index in [1.807, 2.05) is 78.9 Å². The van der Waals surface area contributed by atoms with Gasteiger partial charge in [-0.15, -0.1) is 11.6 Å². The highest BCUT2D eigenvalue weighted by molar-refractivity contribution is 7.89. The maximum absolute atomic E-state index is 13.6. The average Bonchev–Trinajstić information content (AvgIpc) is 3.23. The van der Waals surface area contributed by atoms with Gasteiger partial charge in [-0.1, -0.05) is 65.7 Å². The zero-order valence-corrected chi connectivity index (χ0v) is 33.5. The molecule has 56 heavy (non-hydrogen) atoms. The van der Waals surface area contributed by atoms with E-state index in [1.54, 1.807) is 18.5 Å². The molecule has 2 heterocycles. The van der Waals surface area contributed by atoms with E-state index in [1.165, 1.54) is 16.4 Å². The molecule has 9 nitrogen and oxygen atoms in total. The number of nitrogens with zero attached hydrogens (tertiary/aromatic N) is 3. The van der Waals surface area contributed by atoms with E-state index in [-0.39, 0.29) is 22.8 Å². The van der Waals surface area contributed by atoms with E-state index in [0.717, 1.165) is 38.9 Å². The molecule has 6 aromatic rings. The number of piperidine rings is 1. The summed E-state index contributed by atoms with van der Waals surface area (Å²) in [6.07, 6.45) is 3.34. The van der Waals surface area contributed by atoms with Crippen LogP contribution in [0.1, 0.15) is 57.8 Å². The van der Waals surface area contributed by atoms with Crippen molar-refractivity contribution in [1.82, 2.24) is 19.6 Å². The predicted molar refractivity (Wildman–Crippen MR) is 224 cm³/mol. The number of anilines is 1. The molecule has 0 bridgehead atoms. The van der Waals surface area contributed by atoms with Gasteiger partial charge in [0.15, 0.2) is 0 Å². The maximum atomic E-state index is 13.6. The molecule has 7 rings (SSSR count). The van der Waals surface area contributed by atoms with E-state index < -0.39 is 10.0 Å². The van der Waals surface area contributed by atoms with E-state index in [2.05, 4.69) is 32.7 Å². The van der Waals surface area contributed by atoms with Crippen molar-refractivity contribution in [2.45, 2.75) is 42.0 Å². The summed E-state index contributed by atoms with van der Waals surface area (Å²) in [5.41, 5.74) is 5.42. The standard InChI is InChI=1S/C43H40Cl3N5O4S/c44-27-29-2-15-37(16-3-29)55-25-1-22-47-43(52)32-8-17-38(18-9-32)56(53,54)51-23-20-36(21-24-51)50-42-39-26-33(10-19-40(39)48-28-49-42)41(30-4-11-34(45)12-5-30)31-6-13-35(46)14-7-31/h2-19,26,28,36,41H,1,20-25,27H2,(H,47,52)(H,48,49,50). The van der Waals surface area contributed by atoms with Crippen LogP contribution in [0.5, 0.6) is 5.75 Å². The van der Waals surface area contributed by atoms with Crippen LogP contribution in [-0.4, -0.2) is 60.9 Å². The normalized spacial score (nSPS) is 13.9. The molecule has 0 spiro atoms. The van der Waals surface area contributed by atoms with Crippen molar-refractivity contribution in [2.24, 2.45) is 0 Å². The summed E-state index contributed by atoms with van der Waals surface area (Å²) >= 11 is 18.3. The number of alkyl halides is 1. The van der Waals surface area contributed by atoms with Gasteiger partial charge in [-0.2, -0.15) is 4.31 Å². The van der Waals surface area contributed by atoms with Crippen molar-refractivity contribution in [3.05, 3.63) is 159 Å². The van der Waals surface area contributed by atoms with E-state index >= 15 is 0 Å². The Hall–Kier alpha value is -4.71. The average molecular weight is 829 g/mol. The fourth-order valence-corrected chi connectivity index (χ4v) is 8.76. The van der Waals surface area contributed by atoms with Gasteiger partial charge in [0, 0.05) is 58.5 Å². The molecule has 0 radical (unpaired) electrons. The zero-order valence-electron chi connectivity index (χ0n) is 30.4. The van der Waals surface area contributed by atoms with Gasteiger partial charge >= 0.3 is 0 Å². The lowest BCUT2D eigenvalue weighted by Crippen LogP contribution is -2.42. The summed E-state index contributed by atoms with van der Waals surface area (Å²) in [6, 6.07) is 35.5. The lowest BCUT2D eigenvalue weighted by Gasteiger charge is -2.32. The van der Waals surface area contributed by atoms with Gasteiger partial charge in [-0.25, -0.2) is 18.4 Å². The number of carbonyl (C=O) groups is 1. The van der Waals surface area contributed by atoms with Crippen molar-refractivity contribution in [3.8, 4) is 5.75 Å². The fraction of sp³-hybridized carbons (Fsp3) is 0.233. The number of nitrogens with one attached hydrogen (secondary N) is 2. The number of amides is 1. The van der Waals surface area contributed by atoms with Crippen LogP contribution >= 0.6 is 34.8 Å². The van der Waals surface area contributed by atoms with Crippen molar-refractivity contribution in [3.63, 3.8) is 0 Å². The molecule has 288 valence electrons. The van der Waals surface area contributed by atoms with Crippen LogP contribution in [0, 0.1) is 0 Å². The maximum Gasteiger partial charge on any atom is 0.251 e. The van der Waals surface area contributed by atoms with Crippen LogP contribution in [0.25, 0.3) is 10.9 Å². The molecule has 1 fully saturated rings. The first-order valence-electron chi connectivity index (χ1n) is 18.4. The number of hydrogen-bond donors (Lipinski definition) is 2. The first-order valence-corrected chi connectivity index (χ1v) is 21.1. The topological polar surface area (TPSA) is 114 Å². The molecule has 13 heteroatoms. The molecule has 5 aromatic carbocycles. The minimum Gasteiger partial charge on any atom is -0.494 e. The quantitative estimate of drug-likeness (QED) is 0.0640. The molecule has 1 aromatic heterocycles. The summed E-state index contributed by atoms with van der Waals surface area (Å²) in [5, 5.41) is 8.66. The first-order chi connectivity index (χ1) is 27.2. The molecular weight excluding hydrogens is 789 g/mol. The third-order valence-corrected chi connectivity index (χ3v) is 12.6. The summed E-state index contributed by atoms with van der Waals surface area (Å²) in [5.74, 6) is 1.52. The Labute approximate surface area is 342 Å². The minimum atomic E-state index is -3.76. The van der Waals surface area contributed by atoms with Crippen molar-refractivity contribution in [1.29, 1.82) is 0 Å². The molecular formula is C43H40Cl3N5O4S. The molecule has 1 amide bonds. The number of halogens is 3. The predicted octanol–water partition coefficient (Wildman–Crippen LogP) is 9.32. The number of benzene rings is 5. The smallest absolute Gasteiger partial charge is 0.251 e. The van der Waals surface area contributed by atoms with Crippen LogP contribution in [0.4, 0.5) is 5.82 Å². The number of ether oxygens (including phenoxy) is 1. The number of rotatable bonds is 14. The molecule has 0 aliphatic carbocycles. The Balaban J connectivity index is 0.959. The van der Waals surface area contributed by atoms with Gasteiger partial charge in [0.2, 0.25) is 10.0 Å². The van der Waals surface area contributed by atoms with Gasteiger partial charge < -0.3 is 15.4 Å². The third kappa shape index (κ3) is 9.45. The summed E-state index contributed by atoms with van der Waals surface area (Å²) in [7, 11) is -3.76. The molecule has 0 atom stereocenters. The third-order valence-electron chi connectivity index (χ3n) is 9.90. The number of carbonyl (C=O) groups excluding carboxylic acids is 1. The molecule has 1 aliphatic rings. The highest BCUT2D eigenvalue weighted by atomic mass is 35.5. The number of hydrogen-bond acceptors (Lipinski definition) is 7. The SMILES string of the molecule is O=C(NCCCOc1ccc(CCl)cc1)c1ccc(S(=O)(=O)N2CCC(Nc3ncnc4ccc(C(c5ccc(Cl)cc5)c5ccc(Cl)cc5)cc34)CC2)cc1. The largest absolute Gasteiger partial charge is 0.494 e. The highest BCUT2D eigenvalue weighted by Gasteiger charge is 2.30. The lowest BCUT2D eigenvalue weighted by atomic mass is 9.84. The summed E-state index contributed by atoms with van der Waals surface area (Å²) in [4.78, 5) is 22.0.